The summed E-state index contributed by atoms with van der Waals surface area (Å²) in [5, 5.41) is 0. The first-order valence-electron chi connectivity index (χ1n) is 7.97. The van der Waals surface area contributed by atoms with Crippen LogP contribution in [-0.2, 0) is 6.11 Å². The first kappa shape index (κ1) is 21.0. The second-order valence-electron chi connectivity index (χ2n) is 5.86. The third-order valence-corrected chi connectivity index (χ3v) is 4.70. The monoisotopic (exact) mass is 432 g/mol. The van der Waals surface area contributed by atoms with Gasteiger partial charge in [-0.15, -0.1) is 11.8 Å². The molecule has 1 nitrogen and oxygen atoms in total. The fourth-order valence-corrected chi connectivity index (χ4v) is 3.00. The average Bonchev–Trinajstić information content (AvgIpc) is 2.65. The molecule has 0 aliphatic heterocycles. The zero-order valence-electron chi connectivity index (χ0n) is 14.6. The van der Waals surface area contributed by atoms with Crippen LogP contribution in [0.5, 0.6) is 5.75 Å². The van der Waals surface area contributed by atoms with Crippen molar-refractivity contribution >= 4 is 11.8 Å². The number of hydrogen-bond donors (Lipinski definition) is 0. The highest BCUT2D eigenvalue weighted by Gasteiger charge is 2.41. The summed E-state index contributed by atoms with van der Waals surface area (Å²) in [6, 6.07) is 8.19. The van der Waals surface area contributed by atoms with Gasteiger partial charge in [0.15, 0.2) is 17.5 Å². The smallest absolute Gasteiger partial charge is 0.429 e. The van der Waals surface area contributed by atoms with Crippen LogP contribution in [-0.4, -0.2) is 6.26 Å². The predicted molar refractivity (Wildman–Crippen MR) is 94.4 cm³/mol. The molecule has 3 aromatic carbocycles. The van der Waals surface area contributed by atoms with Crippen LogP contribution < -0.4 is 4.74 Å². The Morgan fingerprint density at radius 3 is 1.72 bits per heavy atom. The molecule has 3 rings (SSSR count). The van der Waals surface area contributed by atoms with Crippen molar-refractivity contribution in [2.45, 2.75) is 11.0 Å². The summed E-state index contributed by atoms with van der Waals surface area (Å²) in [5.41, 5.74) is -1.35. The summed E-state index contributed by atoms with van der Waals surface area (Å²) in [7, 11) is 0. The molecular formula is C20H11F7OS. The van der Waals surface area contributed by atoms with Gasteiger partial charge >= 0.3 is 6.11 Å². The Morgan fingerprint density at radius 1 is 0.724 bits per heavy atom. The van der Waals surface area contributed by atoms with E-state index in [0.717, 1.165) is 4.90 Å². The highest BCUT2D eigenvalue weighted by atomic mass is 32.2. The lowest BCUT2D eigenvalue weighted by Crippen LogP contribution is -2.25. The molecule has 0 atom stereocenters. The summed E-state index contributed by atoms with van der Waals surface area (Å²) in [6.45, 7) is 0. The topological polar surface area (TPSA) is 9.23 Å². The van der Waals surface area contributed by atoms with Crippen molar-refractivity contribution in [3.63, 3.8) is 0 Å². The molecule has 0 saturated heterocycles. The molecule has 9 heteroatoms. The Kier molecular flexibility index (Phi) is 5.79. The minimum Gasteiger partial charge on any atom is -0.429 e. The summed E-state index contributed by atoms with van der Waals surface area (Å²) in [6.07, 6.45) is -2.78. The zero-order chi connectivity index (χ0) is 21.3. The summed E-state index contributed by atoms with van der Waals surface area (Å²) >= 11 is 1.45. The van der Waals surface area contributed by atoms with E-state index in [1.807, 2.05) is 6.26 Å². The third kappa shape index (κ3) is 4.34. The van der Waals surface area contributed by atoms with Gasteiger partial charge in [-0.2, -0.15) is 8.78 Å². The number of halogens is 7. The summed E-state index contributed by atoms with van der Waals surface area (Å²) < 4.78 is 101. The van der Waals surface area contributed by atoms with Gasteiger partial charge in [-0.1, -0.05) is 12.1 Å². The summed E-state index contributed by atoms with van der Waals surface area (Å²) in [5.74, 6) is -9.86. The van der Waals surface area contributed by atoms with Crippen LogP contribution in [0.1, 0.15) is 5.56 Å². The van der Waals surface area contributed by atoms with Crippen LogP contribution in [0.4, 0.5) is 30.7 Å². The molecule has 0 spiro atoms. The third-order valence-electron chi connectivity index (χ3n) is 3.96. The van der Waals surface area contributed by atoms with E-state index in [-0.39, 0.29) is 17.7 Å². The quantitative estimate of drug-likeness (QED) is 0.246. The molecule has 0 bridgehead atoms. The van der Waals surface area contributed by atoms with E-state index < -0.39 is 46.5 Å². The number of thioether (sulfide) groups is 1. The number of ether oxygens (including phenoxy) is 1. The Morgan fingerprint density at radius 2 is 1.24 bits per heavy atom. The second-order valence-corrected chi connectivity index (χ2v) is 6.74. The maximum Gasteiger partial charge on any atom is 0.432 e. The van der Waals surface area contributed by atoms with Crippen LogP contribution in [0.25, 0.3) is 11.1 Å². The lowest BCUT2D eigenvalue weighted by Gasteiger charge is -2.20. The van der Waals surface area contributed by atoms with Gasteiger partial charge in [0.05, 0.1) is 0 Å². The van der Waals surface area contributed by atoms with Crippen molar-refractivity contribution in [2.75, 3.05) is 6.26 Å². The molecule has 0 aromatic heterocycles. The summed E-state index contributed by atoms with van der Waals surface area (Å²) in [4.78, 5) is 0.894. The number of rotatable bonds is 5. The van der Waals surface area contributed by atoms with Gasteiger partial charge in [-0.3, -0.25) is 0 Å². The normalized spacial score (nSPS) is 11.6. The van der Waals surface area contributed by atoms with Gasteiger partial charge in [0.1, 0.15) is 22.9 Å². The SMILES string of the molecule is CSc1ccc(-c2cc(F)c(C(F)(F)Oc3cc(F)c(F)c(F)c3)c(F)c2)cc1. The predicted octanol–water partition coefficient (Wildman–Crippen LogP) is 6.90. The van der Waals surface area contributed by atoms with Crippen molar-refractivity contribution in [3.05, 3.63) is 83.2 Å². The number of hydrogen-bond acceptors (Lipinski definition) is 2. The van der Waals surface area contributed by atoms with Gasteiger partial charge in [0.2, 0.25) is 0 Å². The van der Waals surface area contributed by atoms with Gasteiger partial charge < -0.3 is 4.74 Å². The molecule has 0 unspecified atom stereocenters. The van der Waals surface area contributed by atoms with Gasteiger partial charge in [0.25, 0.3) is 0 Å². The molecule has 0 saturated carbocycles. The number of benzene rings is 3. The fraction of sp³-hybridized carbons (Fsp3) is 0.100. The maximum atomic E-state index is 14.4. The Bertz CT molecular complexity index is 1010. The lowest BCUT2D eigenvalue weighted by atomic mass is 10.0. The molecule has 0 N–H and O–H groups in total. The minimum atomic E-state index is -4.62. The lowest BCUT2D eigenvalue weighted by molar-refractivity contribution is -0.189. The van der Waals surface area contributed by atoms with E-state index in [1.165, 1.54) is 11.8 Å². The maximum absolute atomic E-state index is 14.4. The standard InChI is InChI=1S/C20H11F7OS/c1-29-13-4-2-10(3-5-13)11-6-14(21)18(15(22)7-11)20(26,27)28-12-8-16(23)19(25)17(24)9-12/h2-9H,1H3. The van der Waals surface area contributed by atoms with Crippen molar-refractivity contribution in [1.29, 1.82) is 0 Å². The van der Waals surface area contributed by atoms with E-state index in [0.29, 0.717) is 17.7 Å². The molecule has 29 heavy (non-hydrogen) atoms. The first-order chi connectivity index (χ1) is 13.6. The molecule has 152 valence electrons. The molecule has 0 radical (unpaired) electrons. The minimum absolute atomic E-state index is 0.00562. The van der Waals surface area contributed by atoms with E-state index in [2.05, 4.69) is 4.74 Å². The van der Waals surface area contributed by atoms with Crippen molar-refractivity contribution in [3.8, 4) is 16.9 Å². The van der Waals surface area contributed by atoms with Crippen LogP contribution in [0.15, 0.2) is 53.4 Å². The van der Waals surface area contributed by atoms with Crippen LogP contribution in [0, 0.1) is 29.1 Å². The Labute approximate surface area is 165 Å². The van der Waals surface area contributed by atoms with E-state index in [9.17, 15) is 30.7 Å². The van der Waals surface area contributed by atoms with E-state index >= 15 is 0 Å². The van der Waals surface area contributed by atoms with Gasteiger partial charge in [-0.05, 0) is 41.6 Å². The van der Waals surface area contributed by atoms with Crippen LogP contribution in [0.3, 0.4) is 0 Å². The molecule has 0 heterocycles. The fourth-order valence-electron chi connectivity index (χ4n) is 2.59. The molecule has 3 aromatic rings. The zero-order valence-corrected chi connectivity index (χ0v) is 15.4. The number of alkyl halides is 2. The van der Waals surface area contributed by atoms with Gasteiger partial charge in [0, 0.05) is 17.0 Å². The van der Waals surface area contributed by atoms with Crippen molar-refractivity contribution < 1.29 is 35.5 Å². The highest BCUT2D eigenvalue weighted by Crippen LogP contribution is 2.37. The van der Waals surface area contributed by atoms with Gasteiger partial charge in [-0.25, -0.2) is 22.0 Å². The van der Waals surface area contributed by atoms with Crippen LogP contribution in [0.2, 0.25) is 0 Å². The molecule has 0 aliphatic rings. The average molecular weight is 432 g/mol. The van der Waals surface area contributed by atoms with Crippen LogP contribution >= 0.6 is 11.8 Å². The molecule has 0 fully saturated rings. The molecular weight excluding hydrogens is 421 g/mol. The Balaban J connectivity index is 1.97. The molecule has 0 aliphatic carbocycles. The Hall–Kier alpha value is -2.68. The van der Waals surface area contributed by atoms with Crippen molar-refractivity contribution in [1.82, 2.24) is 0 Å². The highest BCUT2D eigenvalue weighted by molar-refractivity contribution is 7.98. The molecule has 0 amide bonds. The van der Waals surface area contributed by atoms with E-state index in [1.54, 1.807) is 24.3 Å². The van der Waals surface area contributed by atoms with E-state index in [4.69, 9.17) is 0 Å². The second kappa shape index (κ2) is 7.98. The van der Waals surface area contributed by atoms with Crippen molar-refractivity contribution in [2.24, 2.45) is 0 Å². The first-order valence-corrected chi connectivity index (χ1v) is 9.20. The largest absolute Gasteiger partial charge is 0.432 e.